The summed E-state index contributed by atoms with van der Waals surface area (Å²) in [5, 5.41) is 13.6. The van der Waals surface area contributed by atoms with E-state index in [1.165, 1.54) is 11.1 Å². The largest absolute Gasteiger partial charge is 0.494 e. The van der Waals surface area contributed by atoms with E-state index in [2.05, 4.69) is 48.6 Å². The average molecular weight is 817 g/mol. The Kier molecular flexibility index (Phi) is 11.9. The number of carbonyl (C=O) groups excluding carboxylic acids is 4. The fourth-order valence-corrected chi connectivity index (χ4v) is 8.60. The Labute approximate surface area is 339 Å². The number of hydrogen-bond acceptors (Lipinski definition) is 11. The van der Waals surface area contributed by atoms with Gasteiger partial charge >= 0.3 is 6.18 Å². The van der Waals surface area contributed by atoms with Crippen LogP contribution in [0, 0.1) is 0 Å². The smallest absolute Gasteiger partial charge is 0.453 e. The zero-order valence-corrected chi connectivity index (χ0v) is 32.7. The number of nitrogens with one attached hydrogen (secondary N) is 1. The van der Waals surface area contributed by atoms with Crippen LogP contribution in [0.25, 0.3) is 5.57 Å². The van der Waals surface area contributed by atoms with Gasteiger partial charge in [-0.2, -0.15) is 22.9 Å². The van der Waals surface area contributed by atoms with E-state index in [0.29, 0.717) is 82.5 Å². The van der Waals surface area contributed by atoms with Crippen LogP contribution in [0.4, 0.5) is 13.2 Å². The number of nitrogens with zero attached hydrogens (tertiary/aromatic N) is 7. The van der Waals surface area contributed by atoms with Crippen molar-refractivity contribution in [3.63, 3.8) is 0 Å². The van der Waals surface area contributed by atoms with Crippen molar-refractivity contribution in [2.45, 2.75) is 88.6 Å². The zero-order valence-electron chi connectivity index (χ0n) is 32.7. The molecule has 17 heteroatoms. The molecule has 0 aliphatic carbocycles. The lowest BCUT2D eigenvalue weighted by molar-refractivity contribution is -0.147. The number of hydrogen-bond donors (Lipinski definition) is 1. The number of benzene rings is 2. The Morgan fingerprint density at radius 3 is 2.44 bits per heavy atom. The lowest BCUT2D eigenvalue weighted by Gasteiger charge is -2.35. The highest BCUT2D eigenvalue weighted by Gasteiger charge is 2.41. The molecule has 312 valence electrons. The monoisotopic (exact) mass is 816 g/mol. The first-order valence-corrected chi connectivity index (χ1v) is 20.4. The van der Waals surface area contributed by atoms with Crippen molar-refractivity contribution < 1.29 is 41.8 Å². The number of unbranched alkanes of at least 4 members (excludes halogenated alkanes) is 1. The van der Waals surface area contributed by atoms with Gasteiger partial charge in [-0.15, -0.1) is 10.2 Å². The molecule has 59 heavy (non-hydrogen) atoms. The minimum Gasteiger partial charge on any atom is -0.494 e. The van der Waals surface area contributed by atoms with Gasteiger partial charge in [0, 0.05) is 70.7 Å². The van der Waals surface area contributed by atoms with Gasteiger partial charge in [0.25, 0.3) is 11.7 Å². The molecule has 3 amide bonds. The van der Waals surface area contributed by atoms with Crippen LogP contribution in [0.1, 0.15) is 96.0 Å². The van der Waals surface area contributed by atoms with Crippen LogP contribution in [-0.2, 0) is 38.3 Å². The van der Waals surface area contributed by atoms with E-state index in [0.717, 1.165) is 66.5 Å². The van der Waals surface area contributed by atoms with Crippen molar-refractivity contribution in [2.75, 3.05) is 45.9 Å². The van der Waals surface area contributed by atoms with Crippen molar-refractivity contribution >= 4 is 35.4 Å². The number of aryl methyl sites for hydroxylation is 1. The number of alkyl halides is 3. The number of imide groups is 1. The van der Waals surface area contributed by atoms with E-state index in [1.54, 1.807) is 4.90 Å². The summed E-state index contributed by atoms with van der Waals surface area (Å²) in [7, 11) is 0. The minimum atomic E-state index is -4.61. The van der Waals surface area contributed by atoms with Crippen LogP contribution in [-0.4, -0.2) is 117 Å². The van der Waals surface area contributed by atoms with Gasteiger partial charge < -0.3 is 24.1 Å². The van der Waals surface area contributed by atoms with E-state index in [9.17, 15) is 32.3 Å². The Balaban J connectivity index is 0.721. The van der Waals surface area contributed by atoms with Crippen LogP contribution in [0.15, 0.2) is 53.6 Å². The maximum absolute atomic E-state index is 13.3. The molecule has 1 N–H and O–H groups in total. The summed E-state index contributed by atoms with van der Waals surface area (Å²) < 4.78 is 52.7. The first-order valence-electron chi connectivity index (χ1n) is 20.4. The number of aldehydes is 1. The molecule has 5 aliphatic rings. The molecular weight excluding hydrogens is 770 g/mol. The first kappa shape index (κ1) is 40.4. The molecule has 2 fully saturated rings. The number of fused-ring (bicyclic) bond motifs is 2. The van der Waals surface area contributed by atoms with Gasteiger partial charge in [0.1, 0.15) is 30.0 Å². The summed E-state index contributed by atoms with van der Waals surface area (Å²) in [5.41, 5.74) is 4.88. The molecule has 2 saturated heterocycles. The fourth-order valence-electron chi connectivity index (χ4n) is 8.60. The van der Waals surface area contributed by atoms with E-state index in [-0.39, 0.29) is 24.1 Å². The topological polar surface area (TPSA) is 152 Å². The van der Waals surface area contributed by atoms with Gasteiger partial charge in [0.15, 0.2) is 5.82 Å². The summed E-state index contributed by atoms with van der Waals surface area (Å²) >= 11 is 0. The predicted molar refractivity (Wildman–Crippen MR) is 208 cm³/mol. The Morgan fingerprint density at radius 1 is 0.915 bits per heavy atom. The van der Waals surface area contributed by atoms with Crippen LogP contribution >= 0.6 is 0 Å². The van der Waals surface area contributed by atoms with Crippen LogP contribution in [0.5, 0.6) is 5.75 Å². The number of likely N-dealkylation sites (tertiary alicyclic amines) is 1. The zero-order chi connectivity index (χ0) is 41.1. The average Bonchev–Trinajstić information content (AvgIpc) is 3.82. The summed E-state index contributed by atoms with van der Waals surface area (Å²) in [6.07, 6.45) is 3.36. The first-order chi connectivity index (χ1) is 28.5. The fraction of sp³-hybridized carbons (Fsp3) is 0.500. The molecule has 0 saturated carbocycles. The number of amidine groups is 1. The third-order valence-electron chi connectivity index (χ3n) is 11.9. The second-order valence-corrected chi connectivity index (χ2v) is 15.7. The van der Waals surface area contributed by atoms with Gasteiger partial charge in [0.05, 0.1) is 6.61 Å². The summed E-state index contributed by atoms with van der Waals surface area (Å²) in [5.74, 6) is -0.00463. The van der Waals surface area contributed by atoms with Crippen LogP contribution in [0.3, 0.4) is 0 Å². The van der Waals surface area contributed by atoms with Crippen molar-refractivity contribution in [3.05, 3.63) is 82.4 Å². The summed E-state index contributed by atoms with van der Waals surface area (Å²) in [6.45, 7) is 4.65. The summed E-state index contributed by atoms with van der Waals surface area (Å²) in [6, 6.07) is 13.3. The van der Waals surface area contributed by atoms with Gasteiger partial charge in [-0.25, -0.2) is 0 Å². The molecule has 2 aromatic carbocycles. The number of carbonyl (C=O) groups is 4. The molecule has 0 radical (unpaired) electrons. The molecule has 2 atom stereocenters. The number of ether oxygens (including phenoxy) is 2. The number of amides is 3. The molecule has 14 nitrogen and oxygen atoms in total. The minimum absolute atomic E-state index is 0.185. The lowest BCUT2D eigenvalue weighted by atomic mass is 9.89. The Bertz CT molecular complexity index is 2130. The van der Waals surface area contributed by atoms with Crippen LogP contribution in [0.2, 0.25) is 0 Å². The predicted octanol–water partition coefficient (Wildman–Crippen LogP) is 4.58. The molecular formula is C42H47F3N8O6. The number of halogens is 3. The second-order valence-electron chi connectivity index (χ2n) is 15.7. The molecule has 2 unspecified atom stereocenters. The number of rotatable bonds is 13. The van der Waals surface area contributed by atoms with E-state index in [4.69, 9.17) is 9.47 Å². The standard InChI is InChI=1S/C42H47F3N8O6/c43-42(44,45)41-48-47-36-10-11-37(49-53(36)41)51-19-15-28(16-20-51)27-3-6-32(7-4-27)58-21-1-2-22-59-33(26-54)25-50-17-13-29(14-18-50)30-5-8-34-31(23-30)24-52(40(34)57)35-9-12-38(55)46-39(35)56/h3-8,13,23,26,28,33,35H,1-2,9-12,14-22,24-25H2,(H,46,55,56). The Hall–Kier alpha value is -5.42. The molecule has 6 heterocycles. The van der Waals surface area contributed by atoms with Gasteiger partial charge in [-0.1, -0.05) is 24.3 Å². The molecule has 0 bridgehead atoms. The van der Waals surface area contributed by atoms with Crippen LogP contribution < -0.4 is 10.1 Å². The van der Waals surface area contributed by atoms with Gasteiger partial charge in [-0.3, -0.25) is 24.6 Å². The second kappa shape index (κ2) is 17.4. The van der Waals surface area contributed by atoms with E-state index < -0.39 is 30.1 Å². The maximum Gasteiger partial charge on any atom is 0.453 e. The number of aromatic nitrogens is 3. The highest BCUT2D eigenvalue weighted by atomic mass is 19.4. The molecule has 5 aliphatic heterocycles. The SMILES string of the molecule is O=CC(CN1CC=C(c2ccc3c(c2)CN(C2CCC(=O)NC2=O)C3=O)CC1)OCCCCOc1ccc(C2CCN(C3=Nn4c(nnc4C(F)(F)F)CC3)CC2)cc1. The van der Waals surface area contributed by atoms with E-state index in [1.807, 2.05) is 30.3 Å². The van der Waals surface area contributed by atoms with Gasteiger partial charge in [0.2, 0.25) is 11.8 Å². The van der Waals surface area contributed by atoms with Crippen molar-refractivity contribution in [2.24, 2.45) is 5.10 Å². The molecule has 3 aromatic rings. The number of piperidine rings is 2. The third kappa shape index (κ3) is 9.10. The molecule has 1 aromatic heterocycles. The summed E-state index contributed by atoms with van der Waals surface area (Å²) in [4.78, 5) is 54.8. The Morgan fingerprint density at radius 2 is 1.71 bits per heavy atom. The van der Waals surface area contributed by atoms with Gasteiger partial charge in [-0.05, 0) is 91.0 Å². The molecule has 8 rings (SSSR count). The van der Waals surface area contributed by atoms with Crippen molar-refractivity contribution in [1.82, 2.24) is 34.9 Å². The van der Waals surface area contributed by atoms with Crippen molar-refractivity contribution in [1.29, 1.82) is 0 Å². The lowest BCUT2D eigenvalue weighted by Crippen LogP contribution is -2.52. The molecule has 0 spiro atoms. The quantitative estimate of drug-likeness (QED) is 0.148. The van der Waals surface area contributed by atoms with Crippen molar-refractivity contribution in [3.8, 4) is 5.75 Å². The normalized spacial score (nSPS) is 20.8. The third-order valence-corrected chi connectivity index (χ3v) is 11.9. The highest BCUT2D eigenvalue weighted by molar-refractivity contribution is 6.05. The highest BCUT2D eigenvalue weighted by Crippen LogP contribution is 2.34. The maximum atomic E-state index is 13.3. The van der Waals surface area contributed by atoms with E-state index >= 15 is 0 Å².